The molecule has 7 nitrogen and oxygen atoms in total. The third kappa shape index (κ3) is 2.98. The third-order valence-corrected chi connectivity index (χ3v) is 3.58. The largest absolute Gasteiger partial charge is 0.478 e. The molecule has 2 heterocycles. The molecule has 0 spiro atoms. The second-order valence-electron chi connectivity index (χ2n) is 5.50. The number of hydrogen-bond donors (Lipinski definition) is 2. The van der Waals surface area contributed by atoms with E-state index in [1.165, 1.54) is 6.33 Å². The van der Waals surface area contributed by atoms with E-state index in [0.717, 1.165) is 16.7 Å². The third-order valence-electron chi connectivity index (χ3n) is 3.58. The fourth-order valence-corrected chi connectivity index (χ4v) is 2.31. The monoisotopic (exact) mass is 311 g/mol. The highest BCUT2D eigenvalue weighted by atomic mass is 16.4. The van der Waals surface area contributed by atoms with Crippen LogP contribution in [0.2, 0.25) is 0 Å². The maximum Gasteiger partial charge on any atom is 0.335 e. The number of hydrogen-bond acceptors (Lipinski definition) is 5. The van der Waals surface area contributed by atoms with Gasteiger partial charge < -0.3 is 15.0 Å². The molecule has 118 valence electrons. The van der Waals surface area contributed by atoms with E-state index in [9.17, 15) is 4.79 Å². The van der Waals surface area contributed by atoms with Crippen LogP contribution in [0.4, 0.5) is 5.82 Å². The summed E-state index contributed by atoms with van der Waals surface area (Å²) in [7, 11) is 0. The van der Waals surface area contributed by atoms with E-state index in [4.69, 9.17) is 5.11 Å². The van der Waals surface area contributed by atoms with Crippen LogP contribution in [-0.2, 0) is 6.54 Å². The van der Waals surface area contributed by atoms with Crippen molar-refractivity contribution in [3.05, 3.63) is 48.0 Å². The number of nitrogens with zero attached hydrogens (tertiary/aromatic N) is 4. The number of carboxylic acids is 1. The van der Waals surface area contributed by atoms with Gasteiger partial charge in [-0.2, -0.15) is 0 Å². The normalized spacial score (nSPS) is 11.1. The van der Waals surface area contributed by atoms with Gasteiger partial charge in [0.15, 0.2) is 11.5 Å². The van der Waals surface area contributed by atoms with Gasteiger partial charge in [-0.15, -0.1) is 0 Å². The summed E-state index contributed by atoms with van der Waals surface area (Å²) in [5, 5.41) is 12.1. The topological polar surface area (TPSA) is 92.9 Å². The molecule has 23 heavy (non-hydrogen) atoms. The first-order valence-corrected chi connectivity index (χ1v) is 7.30. The number of nitrogens with one attached hydrogen (secondary N) is 1. The number of rotatable bonds is 5. The minimum atomic E-state index is -0.929. The molecule has 0 aliphatic rings. The van der Waals surface area contributed by atoms with E-state index in [0.29, 0.717) is 12.4 Å². The van der Waals surface area contributed by atoms with Gasteiger partial charge in [-0.1, -0.05) is 12.1 Å². The zero-order valence-corrected chi connectivity index (χ0v) is 12.9. The maximum absolute atomic E-state index is 10.9. The average molecular weight is 311 g/mol. The summed E-state index contributed by atoms with van der Waals surface area (Å²) >= 11 is 0. The second-order valence-corrected chi connectivity index (χ2v) is 5.50. The molecule has 0 fully saturated rings. The first kappa shape index (κ1) is 15.0. The lowest BCUT2D eigenvalue weighted by atomic mass is 10.1. The molecular formula is C16H17N5O2. The van der Waals surface area contributed by atoms with Crippen LogP contribution in [-0.4, -0.2) is 30.6 Å². The number of benzene rings is 1. The number of imidazole rings is 1. The SMILES string of the molecule is CC(C)n1cnc2c(NCc3ccc(C(=O)O)cc3)ncnc21. The van der Waals surface area contributed by atoms with Gasteiger partial charge in [-0.05, 0) is 31.5 Å². The second kappa shape index (κ2) is 6.04. The van der Waals surface area contributed by atoms with Crippen LogP contribution in [0, 0.1) is 0 Å². The number of aromatic carboxylic acids is 1. The Hall–Kier alpha value is -2.96. The van der Waals surface area contributed by atoms with E-state index < -0.39 is 5.97 Å². The summed E-state index contributed by atoms with van der Waals surface area (Å²) in [6.07, 6.45) is 3.27. The molecule has 0 saturated heterocycles. The van der Waals surface area contributed by atoms with E-state index in [1.807, 2.05) is 4.57 Å². The van der Waals surface area contributed by atoms with E-state index in [-0.39, 0.29) is 11.6 Å². The van der Waals surface area contributed by atoms with Gasteiger partial charge in [0.1, 0.15) is 11.8 Å². The lowest BCUT2D eigenvalue weighted by Gasteiger charge is -2.08. The van der Waals surface area contributed by atoms with Gasteiger partial charge in [-0.25, -0.2) is 19.7 Å². The van der Waals surface area contributed by atoms with Crippen molar-refractivity contribution in [1.29, 1.82) is 0 Å². The maximum atomic E-state index is 10.9. The van der Waals surface area contributed by atoms with Crippen molar-refractivity contribution >= 4 is 23.0 Å². The zero-order chi connectivity index (χ0) is 16.4. The molecule has 2 aromatic heterocycles. The first-order chi connectivity index (χ1) is 11.1. The van der Waals surface area contributed by atoms with Gasteiger partial charge >= 0.3 is 5.97 Å². The van der Waals surface area contributed by atoms with Crippen molar-refractivity contribution in [2.24, 2.45) is 0 Å². The number of carbonyl (C=O) groups is 1. The van der Waals surface area contributed by atoms with E-state index in [1.54, 1.807) is 30.6 Å². The standard InChI is InChI=1S/C16H17N5O2/c1-10(2)21-9-20-13-14(18-8-19-15(13)21)17-7-11-3-5-12(6-4-11)16(22)23/h3-6,8-10H,7H2,1-2H3,(H,22,23)(H,17,18,19). The van der Waals surface area contributed by atoms with Crippen LogP contribution in [0.15, 0.2) is 36.9 Å². The molecule has 0 unspecified atom stereocenters. The molecule has 3 aromatic rings. The highest BCUT2D eigenvalue weighted by molar-refractivity contribution is 5.87. The molecule has 3 rings (SSSR count). The summed E-state index contributed by atoms with van der Waals surface area (Å²) in [5.41, 5.74) is 2.75. The lowest BCUT2D eigenvalue weighted by molar-refractivity contribution is 0.0697. The van der Waals surface area contributed by atoms with Crippen LogP contribution in [0.3, 0.4) is 0 Å². The zero-order valence-electron chi connectivity index (χ0n) is 12.9. The highest BCUT2D eigenvalue weighted by Gasteiger charge is 2.11. The Morgan fingerprint density at radius 3 is 2.61 bits per heavy atom. The summed E-state index contributed by atoms with van der Waals surface area (Å²) in [5.74, 6) is -0.266. The molecule has 0 saturated carbocycles. The number of fused-ring (bicyclic) bond motifs is 1. The Bertz CT molecular complexity index is 839. The Labute approximate surface area is 133 Å². The average Bonchev–Trinajstić information content (AvgIpc) is 2.98. The van der Waals surface area contributed by atoms with Crippen molar-refractivity contribution in [3.63, 3.8) is 0 Å². The van der Waals surface area contributed by atoms with E-state index in [2.05, 4.69) is 34.1 Å². The number of aromatic nitrogens is 4. The Morgan fingerprint density at radius 1 is 1.22 bits per heavy atom. The van der Waals surface area contributed by atoms with Gasteiger partial charge in [-0.3, -0.25) is 0 Å². The molecule has 2 N–H and O–H groups in total. The van der Waals surface area contributed by atoms with Gasteiger partial charge in [0, 0.05) is 12.6 Å². The van der Waals surface area contributed by atoms with Crippen LogP contribution < -0.4 is 5.32 Å². The number of anilines is 1. The summed E-state index contributed by atoms with van der Waals surface area (Å²) < 4.78 is 1.99. The smallest absolute Gasteiger partial charge is 0.335 e. The van der Waals surface area contributed by atoms with Gasteiger partial charge in [0.25, 0.3) is 0 Å². The number of carboxylic acid groups (broad SMARTS) is 1. The van der Waals surface area contributed by atoms with Crippen molar-refractivity contribution in [2.45, 2.75) is 26.4 Å². The quantitative estimate of drug-likeness (QED) is 0.752. The molecule has 1 aromatic carbocycles. The molecule has 0 aliphatic carbocycles. The molecule has 0 atom stereocenters. The molecule has 0 amide bonds. The first-order valence-electron chi connectivity index (χ1n) is 7.30. The van der Waals surface area contributed by atoms with Gasteiger partial charge in [0.2, 0.25) is 0 Å². The molecule has 7 heteroatoms. The predicted molar refractivity (Wildman–Crippen MR) is 86.4 cm³/mol. The molecular weight excluding hydrogens is 294 g/mol. The highest BCUT2D eigenvalue weighted by Crippen LogP contribution is 2.20. The van der Waals surface area contributed by atoms with Crippen molar-refractivity contribution in [3.8, 4) is 0 Å². The molecule has 0 bridgehead atoms. The van der Waals surface area contributed by atoms with Crippen LogP contribution in [0.1, 0.15) is 35.8 Å². The van der Waals surface area contributed by atoms with Crippen LogP contribution >= 0.6 is 0 Å². The summed E-state index contributed by atoms with van der Waals surface area (Å²) in [6, 6.07) is 7.00. The Balaban J connectivity index is 1.80. The van der Waals surface area contributed by atoms with Crippen molar-refractivity contribution in [2.75, 3.05) is 5.32 Å². The predicted octanol–water partition coefficient (Wildman–Crippen LogP) is 2.72. The van der Waals surface area contributed by atoms with Crippen molar-refractivity contribution < 1.29 is 9.90 Å². The molecule has 0 radical (unpaired) electrons. The minimum Gasteiger partial charge on any atom is -0.478 e. The Kier molecular flexibility index (Phi) is 3.92. The lowest BCUT2D eigenvalue weighted by Crippen LogP contribution is -2.04. The fourth-order valence-electron chi connectivity index (χ4n) is 2.31. The molecule has 0 aliphatic heterocycles. The Morgan fingerprint density at radius 2 is 1.96 bits per heavy atom. The summed E-state index contributed by atoms with van der Waals surface area (Å²) in [4.78, 5) is 23.8. The summed E-state index contributed by atoms with van der Waals surface area (Å²) in [6.45, 7) is 4.67. The van der Waals surface area contributed by atoms with Crippen molar-refractivity contribution in [1.82, 2.24) is 19.5 Å². The fraction of sp³-hybridized carbons (Fsp3) is 0.250. The van der Waals surface area contributed by atoms with Gasteiger partial charge in [0.05, 0.1) is 11.9 Å². The van der Waals surface area contributed by atoms with Crippen LogP contribution in [0.5, 0.6) is 0 Å². The van der Waals surface area contributed by atoms with Crippen LogP contribution in [0.25, 0.3) is 11.2 Å². The minimum absolute atomic E-state index is 0.270. The van der Waals surface area contributed by atoms with E-state index >= 15 is 0 Å².